The topological polar surface area (TPSA) is 24.5 Å². The molecule has 0 aliphatic carbocycles. The molecule has 1 aliphatic heterocycles. The summed E-state index contributed by atoms with van der Waals surface area (Å²) in [5, 5.41) is 3.39. The second-order valence-corrected chi connectivity index (χ2v) is 6.16. The number of nitrogens with zero attached hydrogens (tertiary/aromatic N) is 1. The van der Waals surface area contributed by atoms with Crippen LogP contribution >= 0.6 is 0 Å². The maximum Gasteiger partial charge on any atom is 0.126 e. The molecule has 4 heteroatoms. The minimum absolute atomic E-state index is 0.237. The van der Waals surface area contributed by atoms with E-state index in [4.69, 9.17) is 4.74 Å². The fourth-order valence-corrected chi connectivity index (χ4v) is 2.98. The Morgan fingerprint density at radius 3 is 2.57 bits per heavy atom. The predicted molar refractivity (Wildman–Crippen MR) is 84.2 cm³/mol. The molecule has 21 heavy (non-hydrogen) atoms. The van der Waals surface area contributed by atoms with E-state index >= 15 is 0 Å². The zero-order valence-corrected chi connectivity index (χ0v) is 13.4. The molecule has 0 bridgehead atoms. The van der Waals surface area contributed by atoms with E-state index in [1.165, 1.54) is 6.07 Å². The van der Waals surface area contributed by atoms with Gasteiger partial charge < -0.3 is 10.1 Å². The first-order chi connectivity index (χ1) is 10.1. The highest BCUT2D eigenvalue weighted by atomic mass is 19.1. The molecule has 1 fully saturated rings. The third kappa shape index (κ3) is 4.42. The molecule has 1 heterocycles. The second kappa shape index (κ2) is 7.76. The van der Waals surface area contributed by atoms with E-state index in [9.17, 15) is 4.39 Å². The number of benzene rings is 1. The molecule has 1 aromatic carbocycles. The third-order valence-electron chi connectivity index (χ3n) is 4.16. The minimum Gasteiger partial charge on any atom is -0.496 e. The summed E-state index contributed by atoms with van der Waals surface area (Å²) in [7, 11) is 1.62. The molecule has 1 atom stereocenters. The van der Waals surface area contributed by atoms with Crippen LogP contribution in [0, 0.1) is 11.7 Å². The zero-order chi connectivity index (χ0) is 15.2. The molecule has 0 saturated carbocycles. The molecule has 3 nitrogen and oxygen atoms in total. The van der Waals surface area contributed by atoms with Gasteiger partial charge in [-0.2, -0.15) is 0 Å². The molecule has 0 aromatic heterocycles. The van der Waals surface area contributed by atoms with Gasteiger partial charge in [0.15, 0.2) is 0 Å². The lowest BCUT2D eigenvalue weighted by molar-refractivity contribution is 0.157. The molecule has 1 N–H and O–H groups in total. The Labute approximate surface area is 127 Å². The van der Waals surface area contributed by atoms with Gasteiger partial charge in [-0.3, -0.25) is 4.90 Å². The van der Waals surface area contributed by atoms with Gasteiger partial charge in [-0.1, -0.05) is 19.9 Å². The normalized spacial score (nSPS) is 18.0. The highest BCUT2D eigenvalue weighted by molar-refractivity contribution is 5.36. The maximum absolute atomic E-state index is 13.5. The molecule has 118 valence electrons. The van der Waals surface area contributed by atoms with Crippen LogP contribution in [-0.2, 0) is 0 Å². The molecular weight excluding hydrogens is 267 g/mol. The van der Waals surface area contributed by atoms with Crippen molar-refractivity contribution < 1.29 is 9.13 Å². The van der Waals surface area contributed by atoms with E-state index in [2.05, 4.69) is 24.1 Å². The van der Waals surface area contributed by atoms with Crippen LogP contribution in [-0.4, -0.2) is 38.2 Å². The van der Waals surface area contributed by atoms with Crippen LogP contribution in [0.3, 0.4) is 0 Å². The van der Waals surface area contributed by atoms with Gasteiger partial charge in [0.25, 0.3) is 0 Å². The van der Waals surface area contributed by atoms with Crippen molar-refractivity contribution in [1.82, 2.24) is 10.2 Å². The van der Waals surface area contributed by atoms with Crippen molar-refractivity contribution >= 4 is 0 Å². The standard InChI is InChI=1S/C17H27FN2O/c1-13(2)4-7-16(20-10-8-19-9-11-20)15-6-5-14(18)12-17(15)21-3/h5-6,12-13,16,19H,4,7-11H2,1-3H3/t16-/m1/s1. The Hall–Kier alpha value is -1.13. The van der Waals surface area contributed by atoms with Crippen molar-refractivity contribution in [3.05, 3.63) is 29.6 Å². The van der Waals surface area contributed by atoms with Crippen LogP contribution in [0.15, 0.2) is 18.2 Å². The van der Waals surface area contributed by atoms with E-state index in [0.29, 0.717) is 17.7 Å². The van der Waals surface area contributed by atoms with Gasteiger partial charge in [-0.15, -0.1) is 0 Å². The Morgan fingerprint density at radius 2 is 1.95 bits per heavy atom. The zero-order valence-electron chi connectivity index (χ0n) is 13.4. The van der Waals surface area contributed by atoms with E-state index in [0.717, 1.165) is 44.6 Å². The molecular formula is C17H27FN2O. The van der Waals surface area contributed by atoms with Crippen LogP contribution in [0.1, 0.15) is 38.3 Å². The van der Waals surface area contributed by atoms with Crippen LogP contribution in [0.25, 0.3) is 0 Å². The molecule has 0 unspecified atom stereocenters. The average molecular weight is 294 g/mol. The van der Waals surface area contributed by atoms with Gasteiger partial charge in [-0.05, 0) is 24.8 Å². The van der Waals surface area contributed by atoms with Gasteiger partial charge in [0.2, 0.25) is 0 Å². The van der Waals surface area contributed by atoms with Crippen molar-refractivity contribution in [3.63, 3.8) is 0 Å². The number of halogens is 1. The van der Waals surface area contributed by atoms with Gasteiger partial charge in [0, 0.05) is 43.9 Å². The summed E-state index contributed by atoms with van der Waals surface area (Å²) in [6, 6.07) is 5.24. The summed E-state index contributed by atoms with van der Waals surface area (Å²) in [6.07, 6.45) is 2.24. The maximum atomic E-state index is 13.5. The fraction of sp³-hybridized carbons (Fsp3) is 0.647. The van der Waals surface area contributed by atoms with Crippen LogP contribution in [0.5, 0.6) is 5.75 Å². The van der Waals surface area contributed by atoms with Crippen molar-refractivity contribution in [1.29, 1.82) is 0 Å². The van der Waals surface area contributed by atoms with Crippen molar-refractivity contribution in [2.24, 2.45) is 5.92 Å². The van der Waals surface area contributed by atoms with Gasteiger partial charge in [0.1, 0.15) is 11.6 Å². The summed E-state index contributed by atoms with van der Waals surface area (Å²) < 4.78 is 18.9. The lowest BCUT2D eigenvalue weighted by Gasteiger charge is -2.36. The molecule has 1 aromatic rings. The molecule has 1 saturated heterocycles. The number of nitrogens with one attached hydrogen (secondary N) is 1. The lowest BCUT2D eigenvalue weighted by atomic mass is 9.95. The van der Waals surface area contributed by atoms with Crippen LogP contribution in [0.2, 0.25) is 0 Å². The van der Waals surface area contributed by atoms with Crippen molar-refractivity contribution in [3.8, 4) is 5.75 Å². The Morgan fingerprint density at radius 1 is 1.24 bits per heavy atom. The molecule has 0 amide bonds. The number of ether oxygens (including phenoxy) is 1. The largest absolute Gasteiger partial charge is 0.496 e. The molecule has 2 rings (SSSR count). The predicted octanol–water partition coefficient (Wildman–Crippen LogP) is 3.22. The van der Waals surface area contributed by atoms with E-state index in [1.807, 2.05) is 6.07 Å². The number of hydrogen-bond acceptors (Lipinski definition) is 3. The Kier molecular flexibility index (Phi) is 6.00. The highest BCUT2D eigenvalue weighted by Gasteiger charge is 2.25. The van der Waals surface area contributed by atoms with E-state index in [1.54, 1.807) is 13.2 Å². The van der Waals surface area contributed by atoms with Crippen LogP contribution in [0.4, 0.5) is 4.39 Å². The quantitative estimate of drug-likeness (QED) is 0.872. The van der Waals surface area contributed by atoms with Crippen molar-refractivity contribution in [2.75, 3.05) is 33.3 Å². The van der Waals surface area contributed by atoms with Gasteiger partial charge in [-0.25, -0.2) is 4.39 Å². The van der Waals surface area contributed by atoms with Crippen molar-refractivity contribution in [2.45, 2.75) is 32.7 Å². The van der Waals surface area contributed by atoms with Gasteiger partial charge >= 0.3 is 0 Å². The Bertz CT molecular complexity index is 444. The van der Waals surface area contributed by atoms with Crippen LogP contribution < -0.4 is 10.1 Å². The molecule has 1 aliphatic rings. The number of piperazine rings is 1. The number of hydrogen-bond donors (Lipinski definition) is 1. The first-order valence-electron chi connectivity index (χ1n) is 7.90. The minimum atomic E-state index is -0.237. The summed E-state index contributed by atoms with van der Waals surface area (Å²) in [5.41, 5.74) is 1.11. The first-order valence-corrected chi connectivity index (χ1v) is 7.90. The number of rotatable bonds is 6. The molecule has 0 radical (unpaired) electrons. The molecule has 0 spiro atoms. The van der Waals surface area contributed by atoms with E-state index < -0.39 is 0 Å². The van der Waals surface area contributed by atoms with Gasteiger partial charge in [0.05, 0.1) is 7.11 Å². The van der Waals surface area contributed by atoms with E-state index in [-0.39, 0.29) is 5.82 Å². The smallest absolute Gasteiger partial charge is 0.126 e. The SMILES string of the molecule is COc1cc(F)ccc1[C@@H](CCC(C)C)N1CCNCC1. The third-order valence-corrected chi connectivity index (χ3v) is 4.16. The second-order valence-electron chi connectivity index (χ2n) is 6.16. The fourth-order valence-electron chi connectivity index (χ4n) is 2.98. The first kappa shape index (κ1) is 16.2. The Balaban J connectivity index is 2.24. The highest BCUT2D eigenvalue weighted by Crippen LogP contribution is 2.34. The summed E-state index contributed by atoms with van der Waals surface area (Å²) in [4.78, 5) is 2.49. The summed E-state index contributed by atoms with van der Waals surface area (Å²) >= 11 is 0. The summed E-state index contributed by atoms with van der Waals surface area (Å²) in [5.74, 6) is 1.10. The average Bonchev–Trinajstić information content (AvgIpc) is 2.49. The number of methoxy groups -OCH3 is 1. The lowest BCUT2D eigenvalue weighted by Crippen LogP contribution is -2.45. The monoisotopic (exact) mass is 294 g/mol. The summed E-state index contributed by atoms with van der Waals surface area (Å²) in [6.45, 7) is 8.59.